The van der Waals surface area contributed by atoms with Crippen molar-refractivity contribution in [2.24, 2.45) is 0 Å². The third-order valence-corrected chi connectivity index (χ3v) is 8.21. The number of halogens is 4. The van der Waals surface area contributed by atoms with Gasteiger partial charge in [0.15, 0.2) is 17.7 Å². The van der Waals surface area contributed by atoms with Crippen molar-refractivity contribution in [1.82, 2.24) is 14.8 Å². The summed E-state index contributed by atoms with van der Waals surface area (Å²) in [6.45, 7) is 0.242. The van der Waals surface area contributed by atoms with Gasteiger partial charge in [0.05, 0.1) is 17.5 Å². The van der Waals surface area contributed by atoms with Crippen molar-refractivity contribution in [3.05, 3.63) is 98.2 Å². The minimum Gasteiger partial charge on any atom is -0.483 e. The number of carbonyl (C=O) groups excluding carboxylic acids is 2. The Labute approximate surface area is 234 Å². The monoisotopic (exact) mass is 617 g/mol. The Balaban J connectivity index is 1.45. The van der Waals surface area contributed by atoms with E-state index in [1.165, 1.54) is 0 Å². The summed E-state index contributed by atoms with van der Waals surface area (Å²) in [4.78, 5) is 42.3. The van der Waals surface area contributed by atoms with Crippen molar-refractivity contribution in [3.8, 4) is 5.75 Å². The Hall–Kier alpha value is -3.64. The first-order chi connectivity index (χ1) is 19.3. The van der Waals surface area contributed by atoms with Gasteiger partial charge < -0.3 is 24.3 Å². The fourth-order valence-corrected chi connectivity index (χ4v) is 6.45. The van der Waals surface area contributed by atoms with Gasteiger partial charge in [-0.25, -0.2) is 13.2 Å². The number of carbonyl (C=O) groups is 2. The third kappa shape index (κ3) is 4.39. The van der Waals surface area contributed by atoms with Crippen molar-refractivity contribution < 1.29 is 32.2 Å². The molecule has 3 aromatic rings. The fourth-order valence-electron chi connectivity index (χ4n) is 5.62. The molecule has 3 unspecified atom stereocenters. The predicted octanol–water partition coefficient (Wildman–Crippen LogP) is 4.36. The van der Waals surface area contributed by atoms with Crippen LogP contribution in [0.25, 0.3) is 0 Å². The molecule has 2 amide bonds. The van der Waals surface area contributed by atoms with E-state index in [0.717, 1.165) is 5.56 Å². The van der Waals surface area contributed by atoms with E-state index in [2.05, 4.69) is 21.2 Å². The molecular weight excluding hydrogens is 595 g/mol. The maximum absolute atomic E-state index is 14.2. The van der Waals surface area contributed by atoms with Gasteiger partial charge in [0, 0.05) is 36.5 Å². The molecule has 12 heteroatoms. The van der Waals surface area contributed by atoms with Gasteiger partial charge >= 0.3 is 0 Å². The second-order valence-electron chi connectivity index (χ2n) is 9.83. The molecule has 8 nitrogen and oxygen atoms in total. The van der Waals surface area contributed by atoms with E-state index in [0.29, 0.717) is 38.1 Å². The number of ether oxygens (including phenoxy) is 2. The van der Waals surface area contributed by atoms with Gasteiger partial charge in [0.1, 0.15) is 29.6 Å². The number of pyridine rings is 1. The van der Waals surface area contributed by atoms with Gasteiger partial charge in [0.2, 0.25) is 5.43 Å². The minimum atomic E-state index is -1.17. The van der Waals surface area contributed by atoms with E-state index in [-0.39, 0.29) is 29.3 Å². The summed E-state index contributed by atoms with van der Waals surface area (Å²) in [5, 5.41) is 2.39. The van der Waals surface area contributed by atoms with Crippen LogP contribution in [0, 0.1) is 17.5 Å². The summed E-state index contributed by atoms with van der Waals surface area (Å²) in [5.74, 6) is -5.07. The molecule has 0 spiro atoms. The molecule has 2 aromatic carbocycles. The molecule has 1 fully saturated rings. The summed E-state index contributed by atoms with van der Waals surface area (Å²) in [6.07, 6.45) is 0.476. The largest absolute Gasteiger partial charge is 0.483 e. The summed E-state index contributed by atoms with van der Waals surface area (Å²) in [7, 11) is 0. The van der Waals surface area contributed by atoms with E-state index in [9.17, 15) is 27.6 Å². The van der Waals surface area contributed by atoms with Crippen molar-refractivity contribution in [2.75, 3.05) is 13.2 Å². The maximum Gasteiger partial charge on any atom is 0.276 e. The highest BCUT2D eigenvalue weighted by atomic mass is 79.9. The number of benzene rings is 2. The van der Waals surface area contributed by atoms with Crippen LogP contribution in [0.2, 0.25) is 0 Å². The van der Waals surface area contributed by atoms with Gasteiger partial charge in [-0.1, -0.05) is 46.3 Å². The molecule has 40 heavy (non-hydrogen) atoms. The number of aromatic nitrogens is 1. The third-order valence-electron chi connectivity index (χ3n) is 7.40. The fraction of sp³-hybridized carbons (Fsp3) is 0.321. The highest BCUT2D eigenvalue weighted by Gasteiger charge is 2.50. The SMILES string of the molecule is O=C(NCc1c(F)cc(F)cc1F)c1c2n3c(c(OCc4ccccc4)c1=O)C(=O)N1CCCOC1C3CC2Br. The normalized spacial score (nSPS) is 21.1. The molecule has 3 aliphatic heterocycles. The zero-order valence-electron chi connectivity index (χ0n) is 21.0. The van der Waals surface area contributed by atoms with Crippen LogP contribution in [0.15, 0.2) is 47.3 Å². The van der Waals surface area contributed by atoms with Gasteiger partial charge in [-0.05, 0) is 18.4 Å². The first kappa shape index (κ1) is 26.6. The molecule has 3 aliphatic rings. The van der Waals surface area contributed by atoms with E-state index in [1.807, 2.05) is 6.07 Å². The number of hydrogen-bond acceptors (Lipinski definition) is 5. The number of alkyl halides is 1. The van der Waals surface area contributed by atoms with Crippen LogP contribution in [-0.2, 0) is 17.9 Å². The highest BCUT2D eigenvalue weighted by Crippen LogP contribution is 2.49. The lowest BCUT2D eigenvalue weighted by Crippen LogP contribution is -2.55. The second-order valence-corrected chi connectivity index (χ2v) is 10.9. The predicted molar refractivity (Wildman–Crippen MR) is 140 cm³/mol. The number of amides is 2. The van der Waals surface area contributed by atoms with Crippen LogP contribution in [0.5, 0.6) is 5.75 Å². The molecule has 1 aromatic heterocycles. The highest BCUT2D eigenvalue weighted by molar-refractivity contribution is 9.09. The van der Waals surface area contributed by atoms with Gasteiger partial charge in [-0.3, -0.25) is 14.4 Å². The average Bonchev–Trinajstić information content (AvgIpc) is 3.27. The number of fused-ring (bicyclic) bond motifs is 2. The van der Waals surface area contributed by atoms with Crippen LogP contribution < -0.4 is 15.5 Å². The lowest BCUT2D eigenvalue weighted by Gasteiger charge is -2.44. The van der Waals surface area contributed by atoms with Crippen LogP contribution in [0.1, 0.15) is 61.4 Å². The van der Waals surface area contributed by atoms with Crippen molar-refractivity contribution >= 4 is 27.7 Å². The smallest absolute Gasteiger partial charge is 0.276 e. The summed E-state index contributed by atoms with van der Waals surface area (Å²) in [5.41, 5.74) is -0.640. The maximum atomic E-state index is 14.2. The molecule has 1 saturated heterocycles. The summed E-state index contributed by atoms with van der Waals surface area (Å²) < 4.78 is 55.4. The molecule has 1 N–H and O–H groups in total. The Kier molecular flexibility index (Phi) is 6.91. The minimum absolute atomic E-state index is 0.0366. The zero-order chi connectivity index (χ0) is 28.1. The first-order valence-electron chi connectivity index (χ1n) is 12.7. The Morgan fingerprint density at radius 3 is 2.58 bits per heavy atom. The molecule has 208 valence electrons. The van der Waals surface area contributed by atoms with Crippen LogP contribution in [0.3, 0.4) is 0 Å². The molecular formula is C28H23BrF3N3O5. The number of hydrogen-bond donors (Lipinski definition) is 1. The molecule has 0 aliphatic carbocycles. The molecule has 0 bridgehead atoms. The Bertz CT molecular complexity index is 1560. The van der Waals surface area contributed by atoms with Crippen molar-refractivity contribution in [1.29, 1.82) is 0 Å². The molecule has 3 atom stereocenters. The van der Waals surface area contributed by atoms with Crippen LogP contribution in [-0.4, -0.2) is 40.7 Å². The van der Waals surface area contributed by atoms with E-state index in [4.69, 9.17) is 9.47 Å². The van der Waals surface area contributed by atoms with Crippen LogP contribution in [0.4, 0.5) is 13.2 Å². The molecule has 0 radical (unpaired) electrons. The number of nitrogens with zero attached hydrogens (tertiary/aromatic N) is 2. The first-order valence-corrected chi connectivity index (χ1v) is 13.6. The zero-order valence-corrected chi connectivity index (χ0v) is 22.5. The second kappa shape index (κ2) is 10.4. The molecule has 6 rings (SSSR count). The quantitative estimate of drug-likeness (QED) is 0.415. The Morgan fingerprint density at radius 1 is 1.12 bits per heavy atom. The summed E-state index contributed by atoms with van der Waals surface area (Å²) in [6, 6.07) is 9.64. The average molecular weight is 618 g/mol. The topological polar surface area (TPSA) is 89.9 Å². The molecule has 0 saturated carbocycles. The van der Waals surface area contributed by atoms with E-state index < -0.39 is 63.9 Å². The van der Waals surface area contributed by atoms with Crippen molar-refractivity contribution in [2.45, 2.75) is 43.1 Å². The number of nitrogens with one attached hydrogen (secondary N) is 1. The van der Waals surface area contributed by atoms with Gasteiger partial charge in [-0.2, -0.15) is 0 Å². The number of rotatable bonds is 6. The van der Waals surface area contributed by atoms with E-state index in [1.54, 1.807) is 33.7 Å². The molecule has 4 heterocycles. The lowest BCUT2D eigenvalue weighted by atomic mass is 10.1. The van der Waals surface area contributed by atoms with E-state index >= 15 is 0 Å². The Morgan fingerprint density at radius 2 is 1.85 bits per heavy atom. The van der Waals surface area contributed by atoms with Gasteiger partial charge in [-0.15, -0.1) is 0 Å². The summed E-state index contributed by atoms with van der Waals surface area (Å²) >= 11 is 3.57. The van der Waals surface area contributed by atoms with Gasteiger partial charge in [0.25, 0.3) is 11.8 Å². The van der Waals surface area contributed by atoms with Crippen LogP contribution >= 0.6 is 15.9 Å². The van der Waals surface area contributed by atoms with Crippen molar-refractivity contribution in [3.63, 3.8) is 0 Å². The standard InChI is InChI=1S/C28H23BrF3N3O5/c29-17-11-20-28-34(7-4-8-39-28)27(38)23-25(40-13-14-5-2-1-3-6-14)24(36)21(22(17)35(20)23)26(37)33-12-16-18(31)9-15(30)10-19(16)32/h1-3,5-6,9-10,17,20,28H,4,7-8,11-13H2,(H,33,37). The lowest BCUT2D eigenvalue weighted by molar-refractivity contribution is -0.109.